The average molecular weight is 371 g/mol. The summed E-state index contributed by atoms with van der Waals surface area (Å²) in [5, 5.41) is 0.708. The fourth-order valence-corrected chi connectivity index (χ4v) is 4.23. The molecule has 138 valence electrons. The van der Waals surface area contributed by atoms with Gasteiger partial charge in [-0.3, -0.25) is 4.79 Å². The van der Waals surface area contributed by atoms with E-state index >= 15 is 0 Å². The Morgan fingerprint density at radius 3 is 2.54 bits per heavy atom. The fraction of sp³-hybridized carbons (Fsp3) is 0.409. The van der Waals surface area contributed by atoms with E-state index in [1.807, 2.05) is 49.1 Å². The Balaban J connectivity index is 1.74. The summed E-state index contributed by atoms with van der Waals surface area (Å²) >= 11 is 6.10. The molecule has 0 aliphatic carbocycles. The lowest BCUT2D eigenvalue weighted by molar-refractivity contribution is -0.139. The Morgan fingerprint density at radius 1 is 1.15 bits per heavy atom. The standard InChI is InChI=1S/C22H27ClN2O/c1-22(2,12-16-7-6-10-19(23)11-16)21(26)25-14-18(13-24)20(15-25)17-8-4-3-5-9-17/h3-11,18,20H,12-15,24H2,1-2H3/t18-,20+/m1/s1. The molecule has 3 rings (SSSR count). The van der Waals surface area contributed by atoms with Crippen molar-refractivity contribution in [3.63, 3.8) is 0 Å². The molecule has 1 amide bonds. The number of halogens is 1. The largest absolute Gasteiger partial charge is 0.341 e. The topological polar surface area (TPSA) is 46.3 Å². The van der Waals surface area contributed by atoms with E-state index in [2.05, 4.69) is 24.3 Å². The maximum absolute atomic E-state index is 13.2. The van der Waals surface area contributed by atoms with Gasteiger partial charge >= 0.3 is 0 Å². The summed E-state index contributed by atoms with van der Waals surface area (Å²) in [5.41, 5.74) is 7.90. The van der Waals surface area contributed by atoms with Crippen molar-refractivity contribution in [1.82, 2.24) is 4.90 Å². The molecule has 2 aromatic carbocycles. The number of amides is 1. The Kier molecular flexibility index (Phi) is 5.69. The van der Waals surface area contributed by atoms with Crippen LogP contribution in [0, 0.1) is 11.3 Å². The van der Waals surface area contributed by atoms with Crippen LogP contribution in [0.15, 0.2) is 54.6 Å². The van der Waals surface area contributed by atoms with Crippen molar-refractivity contribution >= 4 is 17.5 Å². The minimum Gasteiger partial charge on any atom is -0.341 e. The number of carbonyl (C=O) groups excluding carboxylic acids is 1. The summed E-state index contributed by atoms with van der Waals surface area (Å²) in [4.78, 5) is 15.2. The Morgan fingerprint density at radius 2 is 1.88 bits per heavy atom. The van der Waals surface area contributed by atoms with Crippen LogP contribution in [0.3, 0.4) is 0 Å². The number of rotatable bonds is 5. The second kappa shape index (κ2) is 7.81. The van der Waals surface area contributed by atoms with E-state index in [-0.39, 0.29) is 5.91 Å². The van der Waals surface area contributed by atoms with Gasteiger partial charge in [-0.15, -0.1) is 0 Å². The predicted molar refractivity (Wildman–Crippen MR) is 107 cm³/mol. The Hall–Kier alpha value is -1.84. The van der Waals surface area contributed by atoms with Gasteiger partial charge in [0.2, 0.25) is 5.91 Å². The molecule has 1 aliphatic rings. The van der Waals surface area contributed by atoms with Crippen LogP contribution in [0.4, 0.5) is 0 Å². The molecule has 0 bridgehead atoms. The highest BCUT2D eigenvalue weighted by Gasteiger charge is 2.40. The average Bonchev–Trinajstić information content (AvgIpc) is 3.05. The van der Waals surface area contributed by atoms with Gasteiger partial charge in [0, 0.05) is 29.4 Å². The van der Waals surface area contributed by atoms with Crippen LogP contribution >= 0.6 is 11.6 Å². The Bertz CT molecular complexity index is 760. The van der Waals surface area contributed by atoms with Crippen LogP contribution in [0.1, 0.15) is 30.9 Å². The summed E-state index contributed by atoms with van der Waals surface area (Å²) in [6.45, 7) is 6.10. The van der Waals surface area contributed by atoms with Crippen molar-refractivity contribution < 1.29 is 4.79 Å². The van der Waals surface area contributed by atoms with Crippen molar-refractivity contribution in [2.24, 2.45) is 17.1 Å². The van der Waals surface area contributed by atoms with Gasteiger partial charge in [0.15, 0.2) is 0 Å². The quantitative estimate of drug-likeness (QED) is 0.860. The normalized spacial score (nSPS) is 20.4. The molecule has 0 spiro atoms. The SMILES string of the molecule is CC(C)(Cc1cccc(Cl)c1)C(=O)N1C[C@@H](CN)[C@H](c2ccccc2)C1. The lowest BCUT2D eigenvalue weighted by Crippen LogP contribution is -2.41. The van der Waals surface area contributed by atoms with Crippen molar-refractivity contribution in [2.45, 2.75) is 26.2 Å². The maximum atomic E-state index is 13.2. The van der Waals surface area contributed by atoms with E-state index < -0.39 is 5.41 Å². The van der Waals surface area contributed by atoms with Gasteiger partial charge in [0.25, 0.3) is 0 Å². The smallest absolute Gasteiger partial charge is 0.228 e. The van der Waals surface area contributed by atoms with Crippen molar-refractivity contribution in [3.8, 4) is 0 Å². The van der Waals surface area contributed by atoms with Gasteiger partial charge in [-0.05, 0) is 42.1 Å². The molecular weight excluding hydrogens is 344 g/mol. The molecule has 3 nitrogen and oxygen atoms in total. The summed E-state index contributed by atoms with van der Waals surface area (Å²) in [6.07, 6.45) is 0.673. The third kappa shape index (κ3) is 4.11. The van der Waals surface area contributed by atoms with Gasteiger partial charge in [-0.2, -0.15) is 0 Å². The number of nitrogens with zero attached hydrogens (tertiary/aromatic N) is 1. The highest BCUT2D eigenvalue weighted by Crippen LogP contribution is 2.35. The van der Waals surface area contributed by atoms with Crippen LogP contribution in [0.25, 0.3) is 0 Å². The first-order valence-corrected chi connectivity index (χ1v) is 9.57. The van der Waals surface area contributed by atoms with Crippen LogP contribution in [-0.2, 0) is 11.2 Å². The maximum Gasteiger partial charge on any atom is 0.228 e. The summed E-state index contributed by atoms with van der Waals surface area (Å²) in [6, 6.07) is 18.2. The van der Waals surface area contributed by atoms with Crippen LogP contribution < -0.4 is 5.73 Å². The van der Waals surface area contributed by atoms with E-state index in [9.17, 15) is 4.79 Å². The first-order valence-electron chi connectivity index (χ1n) is 9.19. The zero-order chi connectivity index (χ0) is 18.7. The van der Waals surface area contributed by atoms with Crippen LogP contribution in [0.2, 0.25) is 5.02 Å². The van der Waals surface area contributed by atoms with E-state index in [4.69, 9.17) is 17.3 Å². The molecule has 0 unspecified atom stereocenters. The summed E-state index contributed by atoms with van der Waals surface area (Å²) < 4.78 is 0. The number of nitrogens with two attached hydrogens (primary N) is 1. The first-order chi connectivity index (χ1) is 12.4. The van der Waals surface area contributed by atoms with Gasteiger partial charge in [-0.25, -0.2) is 0 Å². The van der Waals surface area contributed by atoms with E-state index in [1.165, 1.54) is 5.56 Å². The molecule has 26 heavy (non-hydrogen) atoms. The third-order valence-electron chi connectivity index (χ3n) is 5.37. The highest BCUT2D eigenvalue weighted by molar-refractivity contribution is 6.30. The molecular formula is C22H27ClN2O. The zero-order valence-corrected chi connectivity index (χ0v) is 16.2. The highest BCUT2D eigenvalue weighted by atomic mass is 35.5. The van der Waals surface area contributed by atoms with E-state index in [1.54, 1.807) is 0 Å². The van der Waals surface area contributed by atoms with Gasteiger partial charge in [0.1, 0.15) is 0 Å². The molecule has 0 radical (unpaired) electrons. The summed E-state index contributed by atoms with van der Waals surface area (Å²) in [5.74, 6) is 0.810. The predicted octanol–water partition coefficient (Wildman–Crippen LogP) is 4.11. The number of carbonyl (C=O) groups is 1. The molecule has 0 saturated carbocycles. The molecule has 1 aliphatic heterocycles. The van der Waals surface area contributed by atoms with Crippen molar-refractivity contribution in [1.29, 1.82) is 0 Å². The Labute approximate surface area is 161 Å². The number of hydrogen-bond donors (Lipinski definition) is 1. The van der Waals surface area contributed by atoms with E-state index in [0.29, 0.717) is 29.8 Å². The van der Waals surface area contributed by atoms with Gasteiger partial charge < -0.3 is 10.6 Å². The molecule has 1 fully saturated rings. The molecule has 2 atom stereocenters. The van der Waals surface area contributed by atoms with Crippen molar-refractivity contribution in [2.75, 3.05) is 19.6 Å². The molecule has 1 saturated heterocycles. The first kappa shape index (κ1) is 18.9. The molecule has 4 heteroatoms. The number of likely N-dealkylation sites (tertiary alicyclic amines) is 1. The second-order valence-corrected chi connectivity index (χ2v) is 8.35. The molecule has 0 aromatic heterocycles. The number of hydrogen-bond acceptors (Lipinski definition) is 2. The number of benzene rings is 2. The van der Waals surface area contributed by atoms with Crippen LogP contribution in [-0.4, -0.2) is 30.4 Å². The summed E-state index contributed by atoms with van der Waals surface area (Å²) in [7, 11) is 0. The zero-order valence-electron chi connectivity index (χ0n) is 15.5. The lowest BCUT2D eigenvalue weighted by atomic mass is 9.84. The minimum absolute atomic E-state index is 0.189. The van der Waals surface area contributed by atoms with Gasteiger partial charge in [-0.1, -0.05) is 67.9 Å². The minimum atomic E-state index is -0.477. The van der Waals surface area contributed by atoms with Gasteiger partial charge in [0.05, 0.1) is 0 Å². The lowest BCUT2D eigenvalue weighted by Gasteiger charge is -2.29. The van der Waals surface area contributed by atoms with E-state index in [0.717, 1.165) is 18.7 Å². The molecule has 2 aromatic rings. The molecule has 2 N–H and O–H groups in total. The molecule has 1 heterocycles. The van der Waals surface area contributed by atoms with Crippen LogP contribution in [0.5, 0.6) is 0 Å². The fourth-order valence-electron chi connectivity index (χ4n) is 4.01. The van der Waals surface area contributed by atoms with Crippen molar-refractivity contribution in [3.05, 3.63) is 70.7 Å². The third-order valence-corrected chi connectivity index (χ3v) is 5.61. The monoisotopic (exact) mass is 370 g/mol. The second-order valence-electron chi connectivity index (χ2n) is 7.91.